The standard InChI is InChI=1S/C20H21N3OS/c1-15-8-10-16(11-9-15)18-14-19(21-20(24)12-13-25-2)23(22-18)17-6-4-3-5-7-17/h3-11,14H,12-13H2,1-2H3,(H,21,24). The van der Waals surface area contributed by atoms with Gasteiger partial charge < -0.3 is 5.32 Å². The summed E-state index contributed by atoms with van der Waals surface area (Å²) in [5.41, 5.74) is 3.99. The predicted molar refractivity (Wildman–Crippen MR) is 105 cm³/mol. The van der Waals surface area contributed by atoms with Crippen molar-refractivity contribution in [3.63, 3.8) is 0 Å². The summed E-state index contributed by atoms with van der Waals surface area (Å²) in [4.78, 5) is 12.2. The molecule has 0 spiro atoms. The Morgan fingerprint density at radius 3 is 2.52 bits per heavy atom. The van der Waals surface area contributed by atoms with Crippen LogP contribution in [0.2, 0.25) is 0 Å². The van der Waals surface area contributed by atoms with E-state index in [1.54, 1.807) is 16.4 Å². The second-order valence-electron chi connectivity index (χ2n) is 5.82. The Morgan fingerprint density at radius 2 is 1.84 bits per heavy atom. The zero-order valence-electron chi connectivity index (χ0n) is 14.4. The van der Waals surface area contributed by atoms with Gasteiger partial charge in [-0.2, -0.15) is 16.9 Å². The van der Waals surface area contributed by atoms with Crippen molar-refractivity contribution in [2.45, 2.75) is 13.3 Å². The van der Waals surface area contributed by atoms with Crippen molar-refractivity contribution in [1.82, 2.24) is 9.78 Å². The molecule has 0 unspecified atom stereocenters. The molecule has 0 radical (unpaired) electrons. The number of thioether (sulfide) groups is 1. The zero-order valence-corrected chi connectivity index (χ0v) is 15.2. The first-order chi connectivity index (χ1) is 12.2. The minimum Gasteiger partial charge on any atom is -0.311 e. The number of benzene rings is 2. The van der Waals surface area contributed by atoms with Crippen LogP contribution in [-0.4, -0.2) is 27.7 Å². The van der Waals surface area contributed by atoms with Gasteiger partial charge in [-0.05, 0) is 25.3 Å². The highest BCUT2D eigenvalue weighted by atomic mass is 32.2. The quantitative estimate of drug-likeness (QED) is 0.709. The highest BCUT2D eigenvalue weighted by Crippen LogP contribution is 2.25. The van der Waals surface area contributed by atoms with E-state index in [-0.39, 0.29) is 5.91 Å². The fourth-order valence-electron chi connectivity index (χ4n) is 2.50. The first-order valence-electron chi connectivity index (χ1n) is 8.18. The third kappa shape index (κ3) is 4.31. The first-order valence-corrected chi connectivity index (χ1v) is 9.58. The minimum absolute atomic E-state index is 0.00175. The zero-order chi connectivity index (χ0) is 17.6. The van der Waals surface area contributed by atoms with Crippen LogP contribution < -0.4 is 5.32 Å². The molecule has 128 valence electrons. The molecule has 0 aliphatic carbocycles. The minimum atomic E-state index is 0.00175. The number of rotatable bonds is 6. The Hall–Kier alpha value is -2.53. The van der Waals surface area contributed by atoms with Crippen molar-refractivity contribution in [2.75, 3.05) is 17.3 Å². The lowest BCUT2D eigenvalue weighted by molar-refractivity contribution is -0.115. The van der Waals surface area contributed by atoms with E-state index in [0.29, 0.717) is 12.2 Å². The molecule has 1 N–H and O–H groups in total. The molecule has 0 bridgehead atoms. The van der Waals surface area contributed by atoms with E-state index in [2.05, 4.69) is 24.4 Å². The van der Waals surface area contributed by atoms with E-state index in [1.165, 1.54) is 5.56 Å². The largest absolute Gasteiger partial charge is 0.311 e. The van der Waals surface area contributed by atoms with E-state index in [1.807, 2.05) is 54.8 Å². The van der Waals surface area contributed by atoms with Crippen LogP contribution in [0.1, 0.15) is 12.0 Å². The summed E-state index contributed by atoms with van der Waals surface area (Å²) in [5, 5.41) is 7.70. The average molecular weight is 351 g/mol. The summed E-state index contributed by atoms with van der Waals surface area (Å²) < 4.78 is 1.78. The van der Waals surface area contributed by atoms with E-state index in [0.717, 1.165) is 22.7 Å². The second kappa shape index (κ2) is 8.03. The van der Waals surface area contributed by atoms with Gasteiger partial charge in [-0.3, -0.25) is 4.79 Å². The van der Waals surface area contributed by atoms with Crippen LogP contribution >= 0.6 is 11.8 Å². The number of amides is 1. The first kappa shape index (κ1) is 17.3. The van der Waals surface area contributed by atoms with E-state index in [4.69, 9.17) is 5.10 Å². The lowest BCUT2D eigenvalue weighted by Gasteiger charge is -2.08. The molecule has 5 heteroatoms. The number of para-hydroxylation sites is 1. The molecular weight excluding hydrogens is 330 g/mol. The Kier molecular flexibility index (Phi) is 5.56. The summed E-state index contributed by atoms with van der Waals surface area (Å²) in [6.07, 6.45) is 2.48. The van der Waals surface area contributed by atoms with Gasteiger partial charge in [0.25, 0.3) is 0 Å². The second-order valence-corrected chi connectivity index (χ2v) is 6.80. The molecule has 0 saturated carbocycles. The van der Waals surface area contributed by atoms with Crippen molar-refractivity contribution in [3.05, 3.63) is 66.2 Å². The Balaban J connectivity index is 1.96. The van der Waals surface area contributed by atoms with Crippen LogP contribution in [0.3, 0.4) is 0 Å². The average Bonchev–Trinajstić information content (AvgIpc) is 3.05. The Bertz CT molecular complexity index is 841. The number of nitrogens with one attached hydrogen (secondary N) is 1. The summed E-state index contributed by atoms with van der Waals surface area (Å²) in [5.74, 6) is 1.49. The van der Waals surface area contributed by atoms with Crippen molar-refractivity contribution in [3.8, 4) is 16.9 Å². The normalized spacial score (nSPS) is 10.6. The fraction of sp³-hybridized carbons (Fsp3) is 0.200. The van der Waals surface area contributed by atoms with E-state index < -0.39 is 0 Å². The van der Waals surface area contributed by atoms with Gasteiger partial charge in [0.2, 0.25) is 5.91 Å². The van der Waals surface area contributed by atoms with E-state index >= 15 is 0 Å². The van der Waals surface area contributed by atoms with Gasteiger partial charge in [0.15, 0.2) is 0 Å². The van der Waals surface area contributed by atoms with Crippen molar-refractivity contribution in [1.29, 1.82) is 0 Å². The van der Waals surface area contributed by atoms with Gasteiger partial charge in [0, 0.05) is 23.8 Å². The fourth-order valence-corrected chi connectivity index (χ4v) is 2.89. The molecule has 3 rings (SSSR count). The molecule has 0 aliphatic rings. The molecule has 0 saturated heterocycles. The highest BCUT2D eigenvalue weighted by Gasteiger charge is 2.13. The molecule has 2 aromatic carbocycles. The molecule has 1 aromatic heterocycles. The van der Waals surface area contributed by atoms with Crippen LogP contribution in [0.15, 0.2) is 60.7 Å². The van der Waals surface area contributed by atoms with E-state index in [9.17, 15) is 4.79 Å². The number of carbonyl (C=O) groups is 1. The van der Waals surface area contributed by atoms with Gasteiger partial charge in [-0.15, -0.1) is 0 Å². The molecule has 0 atom stereocenters. The SMILES string of the molecule is CSCCC(=O)Nc1cc(-c2ccc(C)cc2)nn1-c1ccccc1. The summed E-state index contributed by atoms with van der Waals surface area (Å²) in [6.45, 7) is 2.06. The molecule has 1 heterocycles. The van der Waals surface area contributed by atoms with Crippen LogP contribution in [0, 0.1) is 6.92 Å². The lowest BCUT2D eigenvalue weighted by Crippen LogP contribution is -2.15. The van der Waals surface area contributed by atoms with Crippen LogP contribution in [-0.2, 0) is 4.79 Å². The van der Waals surface area contributed by atoms with Crippen molar-refractivity contribution < 1.29 is 4.79 Å². The number of hydrogen-bond donors (Lipinski definition) is 1. The van der Waals surface area contributed by atoms with Crippen LogP contribution in [0.4, 0.5) is 5.82 Å². The van der Waals surface area contributed by atoms with Gasteiger partial charge >= 0.3 is 0 Å². The van der Waals surface area contributed by atoms with Gasteiger partial charge in [-0.1, -0.05) is 48.0 Å². The number of aryl methyl sites for hydroxylation is 1. The maximum absolute atomic E-state index is 12.2. The molecule has 4 nitrogen and oxygen atoms in total. The summed E-state index contributed by atoms with van der Waals surface area (Å²) >= 11 is 1.66. The van der Waals surface area contributed by atoms with Crippen LogP contribution in [0.25, 0.3) is 16.9 Å². The van der Waals surface area contributed by atoms with Crippen molar-refractivity contribution in [2.24, 2.45) is 0 Å². The smallest absolute Gasteiger partial charge is 0.226 e. The number of nitrogens with zero attached hydrogens (tertiary/aromatic N) is 2. The highest BCUT2D eigenvalue weighted by molar-refractivity contribution is 7.98. The van der Waals surface area contributed by atoms with Crippen LogP contribution in [0.5, 0.6) is 0 Å². The predicted octanol–water partition coefficient (Wildman–Crippen LogP) is 4.54. The molecule has 25 heavy (non-hydrogen) atoms. The topological polar surface area (TPSA) is 46.9 Å². The number of anilines is 1. The molecule has 0 fully saturated rings. The summed E-state index contributed by atoms with van der Waals surface area (Å²) in [7, 11) is 0. The molecular formula is C20H21N3OS. The Labute approximate surface area is 152 Å². The van der Waals surface area contributed by atoms with Gasteiger partial charge in [0.05, 0.1) is 11.4 Å². The molecule has 3 aromatic rings. The third-order valence-corrected chi connectivity index (χ3v) is 4.47. The monoisotopic (exact) mass is 351 g/mol. The van der Waals surface area contributed by atoms with Gasteiger partial charge in [-0.25, -0.2) is 4.68 Å². The molecule has 1 amide bonds. The Morgan fingerprint density at radius 1 is 1.12 bits per heavy atom. The molecule has 0 aliphatic heterocycles. The third-order valence-electron chi connectivity index (χ3n) is 3.86. The van der Waals surface area contributed by atoms with Crippen molar-refractivity contribution >= 4 is 23.5 Å². The number of carbonyl (C=O) groups excluding carboxylic acids is 1. The lowest BCUT2D eigenvalue weighted by atomic mass is 10.1. The summed E-state index contributed by atoms with van der Waals surface area (Å²) in [6, 6.07) is 20.0. The maximum Gasteiger partial charge on any atom is 0.226 e. The van der Waals surface area contributed by atoms with Gasteiger partial charge in [0.1, 0.15) is 5.82 Å². The number of hydrogen-bond acceptors (Lipinski definition) is 3. The maximum atomic E-state index is 12.2. The number of aromatic nitrogens is 2.